The third kappa shape index (κ3) is 4.96. The monoisotopic (exact) mass is 675 g/mol. The summed E-state index contributed by atoms with van der Waals surface area (Å²) in [6.45, 7) is -0.0161. The van der Waals surface area contributed by atoms with Crippen LogP contribution >= 0.6 is 0 Å². The first-order valence-corrected chi connectivity index (χ1v) is 16.8. The summed E-state index contributed by atoms with van der Waals surface area (Å²) in [7, 11) is 2.90. The van der Waals surface area contributed by atoms with E-state index < -0.39 is 46.9 Å². The number of phenols is 1. The van der Waals surface area contributed by atoms with Crippen molar-refractivity contribution in [3.63, 3.8) is 0 Å². The highest BCUT2D eigenvalue weighted by atomic mass is 16.5. The molecule has 0 aromatic heterocycles. The lowest BCUT2D eigenvalue weighted by Crippen LogP contribution is -2.59. The molecular weight excluding hydrogens is 638 g/mol. The van der Waals surface area contributed by atoms with Crippen LogP contribution in [0, 0.1) is 23.7 Å². The average Bonchev–Trinajstić information content (AvgIpc) is 3.37. The average molecular weight is 676 g/mol. The normalized spacial score (nSPS) is 27.2. The zero-order chi connectivity index (χ0) is 35.3. The summed E-state index contributed by atoms with van der Waals surface area (Å²) in [6, 6.07) is 21.1. The van der Waals surface area contributed by atoms with Crippen molar-refractivity contribution in [2.45, 2.75) is 37.0 Å². The van der Waals surface area contributed by atoms with Crippen molar-refractivity contribution in [2.24, 2.45) is 23.7 Å². The second-order valence-electron chi connectivity index (χ2n) is 13.4. The predicted octanol–water partition coefficient (Wildman–Crippen LogP) is 5.10. The highest BCUT2D eigenvalue weighted by Crippen LogP contribution is 2.65. The maximum absolute atomic E-state index is 15.2. The Morgan fingerprint density at radius 2 is 1.54 bits per heavy atom. The van der Waals surface area contributed by atoms with E-state index in [0.29, 0.717) is 16.7 Å². The molecule has 6 atom stereocenters. The van der Waals surface area contributed by atoms with Crippen molar-refractivity contribution < 1.29 is 43.7 Å². The fraction of sp³-hybridized carbons (Fsp3) is 0.325. The number of benzene rings is 3. The summed E-state index contributed by atoms with van der Waals surface area (Å²) in [5.41, 5.74) is 1.15. The molecule has 0 bridgehead atoms. The Morgan fingerprint density at radius 3 is 2.16 bits per heavy atom. The third-order valence-corrected chi connectivity index (χ3v) is 11.1. The van der Waals surface area contributed by atoms with Crippen LogP contribution in [0.5, 0.6) is 17.2 Å². The van der Waals surface area contributed by atoms with E-state index in [4.69, 9.17) is 9.47 Å². The van der Waals surface area contributed by atoms with Crippen molar-refractivity contribution in [1.29, 1.82) is 0 Å². The van der Waals surface area contributed by atoms with Crippen LogP contribution in [0.3, 0.4) is 0 Å². The van der Waals surface area contributed by atoms with Crippen molar-refractivity contribution in [3.05, 3.63) is 107 Å². The molecule has 2 N–H and O–H groups in total. The van der Waals surface area contributed by atoms with Crippen LogP contribution in [0.25, 0.3) is 5.57 Å². The minimum atomic E-state index is -1.50. The number of likely N-dealkylation sites (tertiary alicyclic amines) is 1. The zero-order valence-electron chi connectivity index (χ0n) is 27.7. The van der Waals surface area contributed by atoms with Crippen LogP contribution in [0.1, 0.15) is 48.3 Å². The molecule has 256 valence electrons. The maximum Gasteiger partial charge on any atom is 0.303 e. The SMILES string of the molecule is COc1cc(O)cc(OC)c1C1C2=CCC3C(=O)N(CCCC(=O)O)C(=O)C3C2CC2C(=O)C(c3ccccc3)=CC(=O)C21c1ccccc1. The lowest BCUT2D eigenvalue weighted by Gasteiger charge is -2.55. The van der Waals surface area contributed by atoms with Crippen LogP contribution in [0.15, 0.2) is 90.5 Å². The Hall–Kier alpha value is -5.51. The molecule has 4 aliphatic rings. The van der Waals surface area contributed by atoms with Gasteiger partial charge < -0.3 is 19.7 Å². The number of carbonyl (C=O) groups excluding carboxylic acids is 4. The van der Waals surface area contributed by atoms with Gasteiger partial charge in [0.25, 0.3) is 0 Å². The first-order chi connectivity index (χ1) is 24.1. The molecule has 50 heavy (non-hydrogen) atoms. The number of allylic oxidation sites excluding steroid dienone is 4. The highest BCUT2D eigenvalue weighted by molar-refractivity contribution is 6.31. The number of Topliss-reactive ketones (excluding diaryl/α,β-unsaturated/α-hetero) is 1. The highest BCUT2D eigenvalue weighted by Gasteiger charge is 2.66. The first-order valence-electron chi connectivity index (χ1n) is 16.8. The Kier molecular flexibility index (Phi) is 8.41. The molecule has 1 heterocycles. The number of hydrogen-bond donors (Lipinski definition) is 2. The fourth-order valence-electron chi connectivity index (χ4n) is 9.07. The Balaban J connectivity index is 1.49. The van der Waals surface area contributed by atoms with E-state index in [1.54, 1.807) is 24.3 Å². The molecule has 1 saturated heterocycles. The predicted molar refractivity (Wildman–Crippen MR) is 181 cm³/mol. The summed E-state index contributed by atoms with van der Waals surface area (Å²) in [5.74, 6) is -5.92. The number of hydrogen-bond acceptors (Lipinski definition) is 8. The number of fused-ring (bicyclic) bond motifs is 4. The number of carbonyl (C=O) groups is 5. The summed E-state index contributed by atoms with van der Waals surface area (Å²) < 4.78 is 11.7. The molecule has 7 rings (SSSR count). The molecule has 10 nitrogen and oxygen atoms in total. The number of rotatable bonds is 9. The van der Waals surface area contributed by atoms with Gasteiger partial charge in [0.15, 0.2) is 11.6 Å². The maximum atomic E-state index is 15.2. The van der Waals surface area contributed by atoms with Crippen LogP contribution in [-0.4, -0.2) is 65.2 Å². The molecule has 3 aromatic carbocycles. The quantitative estimate of drug-likeness (QED) is 0.234. The second kappa shape index (κ2) is 12.7. The number of nitrogens with zero attached hydrogens (tertiary/aromatic N) is 1. The number of ether oxygens (including phenoxy) is 2. The number of amides is 2. The minimum absolute atomic E-state index is 0.0161. The number of ketones is 2. The van der Waals surface area contributed by atoms with Crippen molar-refractivity contribution >= 4 is 34.9 Å². The molecule has 0 spiro atoms. The Labute approximate surface area is 289 Å². The molecule has 6 unspecified atom stereocenters. The zero-order valence-corrected chi connectivity index (χ0v) is 27.7. The van der Waals surface area contributed by atoms with Gasteiger partial charge in [-0.05, 0) is 42.4 Å². The van der Waals surface area contributed by atoms with Crippen molar-refractivity contribution in [3.8, 4) is 17.2 Å². The van der Waals surface area contributed by atoms with E-state index in [2.05, 4.69) is 0 Å². The number of carboxylic acids is 1. The van der Waals surface area contributed by atoms with E-state index in [0.717, 1.165) is 5.57 Å². The number of aliphatic carboxylic acids is 1. The lowest BCUT2D eigenvalue weighted by atomic mass is 9.44. The number of aromatic hydroxyl groups is 1. The van der Waals surface area contributed by atoms with Gasteiger partial charge in [-0.1, -0.05) is 72.3 Å². The summed E-state index contributed by atoms with van der Waals surface area (Å²) in [4.78, 5) is 70.7. The largest absolute Gasteiger partial charge is 0.508 e. The molecule has 0 radical (unpaired) electrons. The Morgan fingerprint density at radius 1 is 0.900 bits per heavy atom. The van der Waals surface area contributed by atoms with Crippen LogP contribution < -0.4 is 9.47 Å². The molecule has 1 saturated carbocycles. The van der Waals surface area contributed by atoms with Gasteiger partial charge in [-0.15, -0.1) is 0 Å². The summed E-state index contributed by atoms with van der Waals surface area (Å²) in [5, 5.41) is 19.9. The van der Waals surface area contributed by atoms with E-state index >= 15 is 9.59 Å². The topological polar surface area (TPSA) is 148 Å². The van der Waals surface area contributed by atoms with Crippen LogP contribution in [0.2, 0.25) is 0 Å². The Bertz CT molecular complexity index is 1940. The molecule has 3 aromatic rings. The van der Waals surface area contributed by atoms with Gasteiger partial charge in [0.05, 0.1) is 31.5 Å². The number of phenolic OH excluding ortho intramolecular Hbond substituents is 1. The minimum Gasteiger partial charge on any atom is -0.508 e. The summed E-state index contributed by atoms with van der Waals surface area (Å²) in [6.07, 6.45) is 3.66. The van der Waals surface area contributed by atoms with Gasteiger partial charge in [-0.25, -0.2) is 0 Å². The van der Waals surface area contributed by atoms with Crippen LogP contribution in [-0.2, 0) is 29.4 Å². The van der Waals surface area contributed by atoms with Crippen LogP contribution in [0.4, 0.5) is 0 Å². The molecule has 2 amide bonds. The van der Waals surface area contributed by atoms with Crippen molar-refractivity contribution in [1.82, 2.24) is 4.90 Å². The number of methoxy groups -OCH3 is 2. The van der Waals surface area contributed by atoms with Gasteiger partial charge in [0, 0.05) is 48.1 Å². The fourth-order valence-corrected chi connectivity index (χ4v) is 9.07. The van der Waals surface area contributed by atoms with Crippen molar-refractivity contribution in [2.75, 3.05) is 20.8 Å². The molecule has 2 fully saturated rings. The van der Waals surface area contributed by atoms with E-state index in [1.807, 2.05) is 42.5 Å². The lowest BCUT2D eigenvalue weighted by molar-refractivity contribution is -0.142. The molecule has 3 aliphatic carbocycles. The number of imide groups is 1. The van der Waals surface area contributed by atoms with Gasteiger partial charge in [-0.3, -0.25) is 28.9 Å². The molecular formula is C40H37NO9. The summed E-state index contributed by atoms with van der Waals surface area (Å²) >= 11 is 0. The smallest absolute Gasteiger partial charge is 0.303 e. The van der Waals surface area contributed by atoms with E-state index in [1.165, 1.54) is 37.3 Å². The molecule has 1 aliphatic heterocycles. The van der Waals surface area contributed by atoms with Gasteiger partial charge in [-0.2, -0.15) is 0 Å². The third-order valence-electron chi connectivity index (χ3n) is 11.1. The number of carboxylic acid groups (broad SMARTS) is 1. The second-order valence-corrected chi connectivity index (χ2v) is 13.4. The standard InChI is InChI=1S/C40H37NO9/c1-49-30-18-24(42)19-31(50-2)35(30)36-25-15-16-26-34(39(48)41(38(26)47)17-9-14-33(44)45)28(25)20-29-37(46)27(22-10-5-3-6-11-22)21-32(43)40(29,36)23-12-7-4-8-13-23/h3-8,10-13,15,18-19,21,26,28-29,34,36,42H,9,14,16-17,20H2,1-2H3,(H,44,45). The van der Waals surface area contributed by atoms with Gasteiger partial charge >= 0.3 is 5.97 Å². The first kappa shape index (κ1) is 33.0. The van der Waals surface area contributed by atoms with E-state index in [-0.39, 0.29) is 72.5 Å². The van der Waals surface area contributed by atoms with Gasteiger partial charge in [0.2, 0.25) is 11.8 Å². The van der Waals surface area contributed by atoms with Gasteiger partial charge in [0.1, 0.15) is 17.2 Å². The van der Waals surface area contributed by atoms with E-state index in [9.17, 15) is 24.6 Å². The molecule has 10 heteroatoms.